The van der Waals surface area contributed by atoms with E-state index in [0.29, 0.717) is 22.9 Å². The third-order valence-corrected chi connectivity index (χ3v) is 6.52. The number of amides is 2. The zero-order chi connectivity index (χ0) is 27.4. The van der Waals surface area contributed by atoms with E-state index in [1.807, 2.05) is 74.5 Å². The van der Waals surface area contributed by atoms with Gasteiger partial charge in [0.15, 0.2) is 5.75 Å². The fourth-order valence-electron chi connectivity index (χ4n) is 4.50. The van der Waals surface area contributed by atoms with E-state index >= 15 is 0 Å². The summed E-state index contributed by atoms with van der Waals surface area (Å²) >= 11 is 0. The Balaban J connectivity index is 1.26. The number of hydrogen-bond donors (Lipinski definition) is 3. The van der Waals surface area contributed by atoms with Crippen LogP contribution in [0.2, 0.25) is 0 Å². The lowest BCUT2D eigenvalue weighted by Crippen LogP contribution is -2.27. The summed E-state index contributed by atoms with van der Waals surface area (Å²) in [6, 6.07) is 16.7. The first-order chi connectivity index (χ1) is 18.8. The summed E-state index contributed by atoms with van der Waals surface area (Å²) in [5.41, 5.74) is 4.14. The van der Waals surface area contributed by atoms with Crippen molar-refractivity contribution < 1.29 is 19.0 Å². The Bertz CT molecular complexity index is 1510. The molecule has 4 aromatic rings. The van der Waals surface area contributed by atoms with E-state index in [1.54, 1.807) is 13.2 Å². The summed E-state index contributed by atoms with van der Waals surface area (Å²) in [4.78, 5) is 20.9. The van der Waals surface area contributed by atoms with Crippen LogP contribution in [0, 0.1) is 0 Å². The van der Waals surface area contributed by atoms with Crippen LogP contribution in [0.25, 0.3) is 28.5 Å². The van der Waals surface area contributed by atoms with E-state index in [1.165, 1.54) is 12.8 Å². The van der Waals surface area contributed by atoms with Gasteiger partial charge in [-0.25, -0.2) is 9.78 Å². The molecule has 3 N–H and O–H groups in total. The largest absolute Gasteiger partial charge is 0.494 e. The second-order valence-corrected chi connectivity index (χ2v) is 10.1. The molecule has 0 unspecified atom stereocenters. The lowest BCUT2D eigenvalue weighted by atomic mass is 10.0. The van der Waals surface area contributed by atoms with Crippen molar-refractivity contribution in [2.45, 2.75) is 45.6 Å². The Morgan fingerprint density at radius 3 is 2.64 bits per heavy atom. The second-order valence-electron chi connectivity index (χ2n) is 10.1. The van der Waals surface area contributed by atoms with Gasteiger partial charge in [0.1, 0.15) is 22.9 Å². The predicted octanol–water partition coefficient (Wildman–Crippen LogP) is 7.64. The average molecular weight is 527 g/mol. The Morgan fingerprint density at radius 2 is 1.87 bits per heavy atom. The van der Waals surface area contributed by atoms with Gasteiger partial charge in [-0.15, -0.1) is 0 Å². The molecular formula is C31H34N4O4. The van der Waals surface area contributed by atoms with Crippen LogP contribution in [0.5, 0.6) is 17.2 Å². The van der Waals surface area contributed by atoms with E-state index in [4.69, 9.17) is 19.2 Å². The smallest absolute Gasteiger partial charge is 0.323 e. The van der Waals surface area contributed by atoms with E-state index in [2.05, 4.69) is 22.5 Å². The van der Waals surface area contributed by atoms with Crippen LogP contribution < -0.4 is 24.8 Å². The summed E-state index contributed by atoms with van der Waals surface area (Å²) in [5.74, 6) is 2.85. The quantitative estimate of drug-likeness (QED) is 0.195. The Kier molecular flexibility index (Phi) is 7.45. The molecule has 2 amide bonds. The van der Waals surface area contributed by atoms with Gasteiger partial charge in [-0.1, -0.05) is 19.8 Å². The van der Waals surface area contributed by atoms with Gasteiger partial charge in [-0.3, -0.25) is 0 Å². The number of urea groups is 1. The fourth-order valence-corrected chi connectivity index (χ4v) is 4.50. The van der Waals surface area contributed by atoms with Crippen molar-refractivity contribution in [3.8, 4) is 28.6 Å². The number of rotatable bonds is 9. The maximum absolute atomic E-state index is 12.9. The van der Waals surface area contributed by atoms with E-state index in [0.717, 1.165) is 46.8 Å². The third-order valence-electron chi connectivity index (χ3n) is 6.52. The minimum absolute atomic E-state index is 0.390. The highest BCUT2D eigenvalue weighted by molar-refractivity contribution is 6.02. The molecule has 0 bridgehead atoms. The van der Waals surface area contributed by atoms with Crippen LogP contribution in [0.4, 0.5) is 16.2 Å². The number of hydrogen-bond acceptors (Lipinski definition) is 5. The van der Waals surface area contributed by atoms with Crippen molar-refractivity contribution in [1.29, 1.82) is 0 Å². The predicted molar refractivity (Wildman–Crippen MR) is 156 cm³/mol. The van der Waals surface area contributed by atoms with Gasteiger partial charge in [-0.2, -0.15) is 0 Å². The monoisotopic (exact) mass is 526 g/mol. The van der Waals surface area contributed by atoms with Crippen molar-refractivity contribution in [3.05, 3.63) is 66.2 Å². The van der Waals surface area contributed by atoms with Crippen LogP contribution in [-0.4, -0.2) is 35.3 Å². The molecule has 0 fully saturated rings. The van der Waals surface area contributed by atoms with Gasteiger partial charge in [0.2, 0.25) is 0 Å². The molecule has 0 radical (unpaired) electrons. The van der Waals surface area contributed by atoms with Crippen LogP contribution in [0.1, 0.15) is 45.6 Å². The highest BCUT2D eigenvalue weighted by atomic mass is 16.5. The zero-order valence-corrected chi connectivity index (χ0v) is 22.8. The number of anilines is 2. The molecule has 8 heteroatoms. The summed E-state index contributed by atoms with van der Waals surface area (Å²) < 4.78 is 17.4. The van der Waals surface area contributed by atoms with Crippen molar-refractivity contribution in [1.82, 2.24) is 9.97 Å². The first-order valence-corrected chi connectivity index (χ1v) is 13.3. The van der Waals surface area contributed by atoms with Crippen molar-refractivity contribution in [2.24, 2.45) is 0 Å². The first-order valence-electron chi connectivity index (χ1n) is 13.3. The molecule has 1 aliphatic rings. The lowest BCUT2D eigenvalue weighted by molar-refractivity contribution is 0.158. The lowest BCUT2D eigenvalue weighted by Gasteiger charge is -2.29. The third kappa shape index (κ3) is 6.00. The normalized spacial score (nSPS) is 13.4. The summed E-state index contributed by atoms with van der Waals surface area (Å²) in [7, 11) is 1.57. The number of ether oxygens (including phenoxy) is 3. The van der Waals surface area contributed by atoms with Gasteiger partial charge >= 0.3 is 6.03 Å². The summed E-state index contributed by atoms with van der Waals surface area (Å²) in [6.07, 6.45) is 7.32. The number of fused-ring (bicyclic) bond motifs is 2. The van der Waals surface area contributed by atoms with Crippen LogP contribution in [-0.2, 0) is 0 Å². The van der Waals surface area contributed by atoms with E-state index in [-0.39, 0.29) is 6.03 Å². The van der Waals surface area contributed by atoms with Crippen molar-refractivity contribution >= 4 is 34.5 Å². The molecule has 0 saturated carbocycles. The van der Waals surface area contributed by atoms with Crippen LogP contribution in [0.3, 0.4) is 0 Å². The summed E-state index contributed by atoms with van der Waals surface area (Å²) in [5, 5.41) is 5.77. The minimum atomic E-state index is -0.402. The molecule has 1 aromatic heterocycles. The summed E-state index contributed by atoms with van der Waals surface area (Å²) in [6.45, 7) is 6.87. The fraction of sp³-hybridized carbons (Fsp3) is 0.290. The number of methoxy groups -OCH3 is 1. The number of aromatic amines is 1. The molecule has 202 valence electrons. The molecule has 2 heterocycles. The molecule has 5 rings (SSSR count). The van der Waals surface area contributed by atoms with E-state index < -0.39 is 5.60 Å². The topological polar surface area (TPSA) is 97.5 Å². The molecule has 1 aliphatic heterocycles. The molecule has 0 atom stereocenters. The Labute approximate surface area is 228 Å². The number of nitrogens with one attached hydrogen (secondary N) is 3. The number of nitrogens with zero attached hydrogens (tertiary/aromatic N) is 1. The molecule has 0 spiro atoms. The van der Waals surface area contributed by atoms with E-state index in [9.17, 15) is 4.79 Å². The Hall–Kier alpha value is -4.46. The zero-order valence-electron chi connectivity index (χ0n) is 22.8. The maximum atomic E-state index is 12.9. The maximum Gasteiger partial charge on any atom is 0.323 e. The number of benzene rings is 3. The van der Waals surface area contributed by atoms with Crippen molar-refractivity contribution in [2.75, 3.05) is 24.4 Å². The standard InChI is InChI=1S/C31H34N4O4/c1-5-6-7-18-38-22-11-8-20(9-12-22)29-33-24-13-10-21(19-26(24)34-29)32-30(36)35-25-14-15-27-23(28(25)37-4)16-17-31(2,3)39-27/h8-17,19H,5-7,18H2,1-4H3,(H,33,34)(H2,32,35,36). The van der Waals surface area contributed by atoms with Crippen molar-refractivity contribution in [3.63, 3.8) is 0 Å². The highest BCUT2D eigenvalue weighted by Crippen LogP contribution is 2.41. The van der Waals surface area contributed by atoms with Gasteiger partial charge in [0, 0.05) is 11.3 Å². The average Bonchev–Trinajstić information content (AvgIpc) is 3.34. The number of aromatic nitrogens is 2. The van der Waals surface area contributed by atoms with Gasteiger partial charge < -0.3 is 29.8 Å². The molecular weight excluding hydrogens is 492 g/mol. The Morgan fingerprint density at radius 1 is 1.05 bits per heavy atom. The second kappa shape index (κ2) is 11.1. The molecule has 8 nitrogen and oxygen atoms in total. The van der Waals surface area contributed by atoms with Gasteiger partial charge in [0.05, 0.1) is 36.0 Å². The SMILES string of the molecule is CCCCCOc1ccc(-c2nc3cc(NC(=O)Nc4ccc5c(c4OC)C=CC(C)(C)O5)ccc3[nH]2)cc1. The first kappa shape index (κ1) is 26.2. The van der Waals surface area contributed by atoms with Crippen LogP contribution in [0.15, 0.2) is 60.7 Å². The molecule has 0 aliphatic carbocycles. The van der Waals surface area contributed by atoms with Crippen LogP contribution >= 0.6 is 0 Å². The number of carbonyl (C=O) groups is 1. The number of carbonyl (C=O) groups excluding carboxylic acids is 1. The highest BCUT2D eigenvalue weighted by Gasteiger charge is 2.25. The van der Waals surface area contributed by atoms with Gasteiger partial charge in [-0.05, 0) is 87.0 Å². The minimum Gasteiger partial charge on any atom is -0.494 e. The molecule has 39 heavy (non-hydrogen) atoms. The molecule has 3 aromatic carbocycles. The van der Waals surface area contributed by atoms with Gasteiger partial charge in [0.25, 0.3) is 0 Å². The number of H-pyrrole nitrogens is 1. The number of imidazole rings is 1. The number of unbranched alkanes of at least 4 members (excludes halogenated alkanes) is 2. The molecule has 0 saturated heterocycles.